The third kappa shape index (κ3) is 5.29. The molecule has 1 amide bonds. The van der Waals surface area contributed by atoms with Crippen LogP contribution in [-0.2, 0) is 9.53 Å². The Morgan fingerprint density at radius 2 is 1.61 bits per heavy atom. The SMILES string of the molecule is CCOC(=O)COc1cccc(NC(=O)c2cc(OC)c(OC)cc2OC)c1. The monoisotopic (exact) mass is 389 g/mol. The second-order valence-electron chi connectivity index (χ2n) is 5.48. The van der Waals surface area contributed by atoms with E-state index < -0.39 is 11.9 Å². The molecule has 0 unspecified atom stereocenters. The molecule has 0 radical (unpaired) electrons. The van der Waals surface area contributed by atoms with Crippen molar-refractivity contribution in [3.05, 3.63) is 42.0 Å². The van der Waals surface area contributed by atoms with Crippen molar-refractivity contribution >= 4 is 17.6 Å². The summed E-state index contributed by atoms with van der Waals surface area (Å²) in [5.41, 5.74) is 0.765. The van der Waals surface area contributed by atoms with Gasteiger partial charge >= 0.3 is 5.97 Å². The van der Waals surface area contributed by atoms with E-state index in [0.717, 1.165) is 0 Å². The summed E-state index contributed by atoms with van der Waals surface area (Å²) in [4.78, 5) is 24.1. The van der Waals surface area contributed by atoms with E-state index in [1.54, 1.807) is 37.3 Å². The van der Waals surface area contributed by atoms with Crippen molar-refractivity contribution in [2.45, 2.75) is 6.92 Å². The first-order chi connectivity index (χ1) is 13.5. The minimum absolute atomic E-state index is 0.214. The highest BCUT2D eigenvalue weighted by Gasteiger charge is 2.18. The van der Waals surface area contributed by atoms with Gasteiger partial charge in [0.1, 0.15) is 11.5 Å². The van der Waals surface area contributed by atoms with Gasteiger partial charge in [0.15, 0.2) is 18.1 Å². The Labute approximate surface area is 163 Å². The summed E-state index contributed by atoms with van der Waals surface area (Å²) in [6, 6.07) is 9.78. The maximum absolute atomic E-state index is 12.7. The van der Waals surface area contributed by atoms with E-state index in [1.165, 1.54) is 27.4 Å². The zero-order valence-electron chi connectivity index (χ0n) is 16.2. The first-order valence-electron chi connectivity index (χ1n) is 8.52. The van der Waals surface area contributed by atoms with E-state index in [0.29, 0.717) is 28.7 Å². The lowest BCUT2D eigenvalue weighted by Crippen LogP contribution is -2.15. The van der Waals surface area contributed by atoms with Crippen LogP contribution in [0.3, 0.4) is 0 Å². The van der Waals surface area contributed by atoms with Gasteiger partial charge in [-0.25, -0.2) is 4.79 Å². The normalized spacial score (nSPS) is 10.0. The number of esters is 1. The molecule has 8 heteroatoms. The quantitative estimate of drug-likeness (QED) is 0.659. The number of hydrogen-bond donors (Lipinski definition) is 1. The van der Waals surface area contributed by atoms with E-state index in [2.05, 4.69) is 5.32 Å². The van der Waals surface area contributed by atoms with Gasteiger partial charge in [-0.15, -0.1) is 0 Å². The predicted octanol–water partition coefficient (Wildman–Crippen LogP) is 2.91. The van der Waals surface area contributed by atoms with E-state index in [9.17, 15) is 9.59 Å². The Morgan fingerprint density at radius 3 is 2.25 bits per heavy atom. The maximum Gasteiger partial charge on any atom is 0.344 e. The molecule has 0 fully saturated rings. The number of benzene rings is 2. The molecule has 8 nitrogen and oxygen atoms in total. The van der Waals surface area contributed by atoms with Gasteiger partial charge in [-0.1, -0.05) is 6.07 Å². The van der Waals surface area contributed by atoms with E-state index in [1.807, 2.05) is 0 Å². The van der Waals surface area contributed by atoms with Gasteiger partial charge in [0.2, 0.25) is 0 Å². The minimum atomic E-state index is -0.466. The van der Waals surface area contributed by atoms with Crippen LogP contribution >= 0.6 is 0 Å². The summed E-state index contributed by atoms with van der Waals surface area (Å²) < 4.78 is 25.9. The van der Waals surface area contributed by atoms with Crippen molar-refractivity contribution in [2.75, 3.05) is 39.9 Å². The van der Waals surface area contributed by atoms with Crippen molar-refractivity contribution in [1.29, 1.82) is 0 Å². The minimum Gasteiger partial charge on any atom is -0.496 e. The van der Waals surface area contributed by atoms with Crippen LogP contribution in [0.15, 0.2) is 36.4 Å². The summed E-state index contributed by atoms with van der Waals surface area (Å²) in [6.07, 6.45) is 0. The average molecular weight is 389 g/mol. The first-order valence-corrected chi connectivity index (χ1v) is 8.52. The molecule has 0 aliphatic heterocycles. The fraction of sp³-hybridized carbons (Fsp3) is 0.300. The van der Waals surface area contributed by atoms with Crippen LogP contribution in [0.4, 0.5) is 5.69 Å². The molecule has 0 aliphatic rings. The van der Waals surface area contributed by atoms with Crippen molar-refractivity contribution in [3.63, 3.8) is 0 Å². The van der Waals surface area contributed by atoms with Crippen molar-refractivity contribution in [2.24, 2.45) is 0 Å². The van der Waals surface area contributed by atoms with Crippen LogP contribution in [0.5, 0.6) is 23.0 Å². The summed E-state index contributed by atoms with van der Waals surface area (Å²) >= 11 is 0. The molecule has 0 saturated carbocycles. The van der Waals surface area contributed by atoms with E-state index in [-0.39, 0.29) is 18.8 Å². The number of carbonyl (C=O) groups is 2. The highest BCUT2D eigenvalue weighted by atomic mass is 16.6. The van der Waals surface area contributed by atoms with Crippen LogP contribution in [0, 0.1) is 0 Å². The third-order valence-electron chi connectivity index (χ3n) is 3.70. The van der Waals surface area contributed by atoms with Crippen molar-refractivity contribution in [1.82, 2.24) is 0 Å². The van der Waals surface area contributed by atoms with Crippen LogP contribution in [0.25, 0.3) is 0 Å². The van der Waals surface area contributed by atoms with Crippen LogP contribution in [0.2, 0.25) is 0 Å². The molecule has 2 aromatic carbocycles. The highest BCUT2D eigenvalue weighted by molar-refractivity contribution is 6.06. The number of ether oxygens (including phenoxy) is 5. The molecule has 28 heavy (non-hydrogen) atoms. The largest absolute Gasteiger partial charge is 0.496 e. The van der Waals surface area contributed by atoms with Crippen LogP contribution in [0.1, 0.15) is 17.3 Å². The summed E-state index contributed by atoms with van der Waals surface area (Å²) in [7, 11) is 4.44. The van der Waals surface area contributed by atoms with Gasteiger partial charge in [0.25, 0.3) is 5.91 Å². The number of rotatable bonds is 9. The first kappa shape index (κ1) is 20.9. The molecule has 0 aromatic heterocycles. The van der Waals surface area contributed by atoms with E-state index >= 15 is 0 Å². The fourth-order valence-electron chi connectivity index (χ4n) is 2.41. The van der Waals surface area contributed by atoms with Gasteiger partial charge < -0.3 is 29.0 Å². The number of anilines is 1. The standard InChI is InChI=1S/C20H23NO7/c1-5-27-19(22)12-28-14-8-6-7-13(9-14)21-20(23)15-10-17(25-3)18(26-4)11-16(15)24-2/h6-11H,5,12H2,1-4H3,(H,21,23). The van der Waals surface area contributed by atoms with Gasteiger partial charge in [0, 0.05) is 23.9 Å². The molecule has 0 atom stereocenters. The van der Waals surface area contributed by atoms with Gasteiger partial charge in [-0.2, -0.15) is 0 Å². The molecule has 0 bridgehead atoms. The molecule has 2 aromatic rings. The Hall–Kier alpha value is -3.42. The molecule has 0 saturated heterocycles. The van der Waals surface area contributed by atoms with Gasteiger partial charge in [0.05, 0.1) is 33.5 Å². The second-order valence-corrected chi connectivity index (χ2v) is 5.48. The Kier molecular flexibility index (Phi) is 7.50. The average Bonchev–Trinajstić information content (AvgIpc) is 2.71. The summed E-state index contributed by atoms with van der Waals surface area (Å²) in [5.74, 6) is 0.743. The van der Waals surface area contributed by atoms with E-state index in [4.69, 9.17) is 23.7 Å². The number of hydrogen-bond acceptors (Lipinski definition) is 7. The van der Waals surface area contributed by atoms with Crippen LogP contribution in [-0.4, -0.2) is 46.4 Å². The molecule has 150 valence electrons. The Morgan fingerprint density at radius 1 is 0.929 bits per heavy atom. The zero-order valence-corrected chi connectivity index (χ0v) is 16.2. The van der Waals surface area contributed by atoms with Crippen LogP contribution < -0.4 is 24.3 Å². The topological polar surface area (TPSA) is 92.3 Å². The van der Waals surface area contributed by atoms with Crippen molar-refractivity contribution < 1.29 is 33.3 Å². The molecular weight excluding hydrogens is 366 g/mol. The maximum atomic E-state index is 12.7. The molecule has 0 heterocycles. The third-order valence-corrected chi connectivity index (χ3v) is 3.70. The predicted molar refractivity (Wildman–Crippen MR) is 103 cm³/mol. The van der Waals surface area contributed by atoms with Gasteiger partial charge in [-0.05, 0) is 19.1 Å². The number of carbonyl (C=O) groups excluding carboxylic acids is 2. The smallest absolute Gasteiger partial charge is 0.344 e. The Balaban J connectivity index is 2.16. The lowest BCUT2D eigenvalue weighted by molar-refractivity contribution is -0.145. The molecule has 0 aliphatic carbocycles. The van der Waals surface area contributed by atoms with Gasteiger partial charge in [-0.3, -0.25) is 4.79 Å². The molecule has 2 rings (SSSR count). The molecular formula is C20H23NO7. The highest BCUT2D eigenvalue weighted by Crippen LogP contribution is 2.35. The lowest BCUT2D eigenvalue weighted by Gasteiger charge is -2.14. The number of methoxy groups -OCH3 is 3. The second kappa shape index (κ2) is 10.1. The zero-order chi connectivity index (χ0) is 20.5. The summed E-state index contributed by atoms with van der Waals surface area (Å²) in [5, 5.41) is 2.76. The molecule has 1 N–H and O–H groups in total. The molecule has 0 spiro atoms. The number of amides is 1. The summed E-state index contributed by atoms with van der Waals surface area (Å²) in [6.45, 7) is 1.79. The lowest BCUT2D eigenvalue weighted by atomic mass is 10.1. The Bertz CT molecular complexity index is 835. The van der Waals surface area contributed by atoms with Crippen molar-refractivity contribution in [3.8, 4) is 23.0 Å². The fourth-order valence-corrected chi connectivity index (χ4v) is 2.41. The number of nitrogens with one attached hydrogen (secondary N) is 1.